The third kappa shape index (κ3) is 3.30. The van der Waals surface area contributed by atoms with Gasteiger partial charge in [-0.25, -0.2) is 4.99 Å². The van der Waals surface area contributed by atoms with Gasteiger partial charge in [0.2, 0.25) is 5.17 Å². The van der Waals surface area contributed by atoms with Crippen molar-refractivity contribution in [2.75, 3.05) is 0 Å². The molecule has 0 aliphatic heterocycles. The van der Waals surface area contributed by atoms with E-state index in [0.29, 0.717) is 5.56 Å². The van der Waals surface area contributed by atoms with Crippen LogP contribution in [0.5, 0.6) is 0 Å². The molecule has 0 aliphatic rings. The third-order valence-corrected chi connectivity index (χ3v) is 1.77. The summed E-state index contributed by atoms with van der Waals surface area (Å²) in [5, 5.41) is -1.42. The van der Waals surface area contributed by atoms with Crippen LogP contribution in [0.4, 0.5) is 18.9 Å². The van der Waals surface area contributed by atoms with Crippen LogP contribution in [0.15, 0.2) is 29.3 Å². The van der Waals surface area contributed by atoms with Crippen molar-refractivity contribution < 1.29 is 13.2 Å². The zero-order valence-electron chi connectivity index (χ0n) is 7.35. The van der Waals surface area contributed by atoms with Gasteiger partial charge in [-0.15, -0.1) is 6.42 Å². The Kier molecular flexibility index (Phi) is 3.38. The Morgan fingerprint density at radius 2 is 2.07 bits per heavy atom. The highest BCUT2D eigenvalue weighted by atomic mass is 35.5. The zero-order chi connectivity index (χ0) is 11.5. The molecule has 0 bridgehead atoms. The molecular weight excluding hydrogens is 227 g/mol. The Bertz CT molecular complexity index is 429. The van der Waals surface area contributed by atoms with Crippen molar-refractivity contribution in [2.24, 2.45) is 4.99 Å². The smallest absolute Gasteiger partial charge is 0.232 e. The molecule has 1 rings (SSSR count). The van der Waals surface area contributed by atoms with Crippen LogP contribution in [0.3, 0.4) is 0 Å². The molecule has 0 spiro atoms. The van der Waals surface area contributed by atoms with Gasteiger partial charge in [0.15, 0.2) is 0 Å². The van der Waals surface area contributed by atoms with Crippen LogP contribution in [0.25, 0.3) is 0 Å². The fraction of sp³-hybridized carbons (Fsp3) is 0.100. The Hall–Kier alpha value is -1.47. The Balaban J connectivity index is 3.04. The summed E-state index contributed by atoms with van der Waals surface area (Å²) >= 11 is 4.96. The maximum Gasteiger partial charge on any atom is 0.444 e. The standard InChI is InChI=1S/C10H5ClF3N/c1-2-7-4-3-5-8(6-7)15-9(11)10(12,13)14/h1,3-6H. The summed E-state index contributed by atoms with van der Waals surface area (Å²) in [4.78, 5) is 3.20. The van der Waals surface area contributed by atoms with E-state index in [-0.39, 0.29) is 5.69 Å². The first-order chi connectivity index (χ1) is 6.93. The highest BCUT2D eigenvalue weighted by molar-refractivity contribution is 6.67. The van der Waals surface area contributed by atoms with E-state index in [0.717, 1.165) is 0 Å². The summed E-state index contributed by atoms with van der Waals surface area (Å²) in [6, 6.07) is 5.82. The largest absolute Gasteiger partial charge is 0.444 e. The highest BCUT2D eigenvalue weighted by Gasteiger charge is 2.34. The lowest BCUT2D eigenvalue weighted by atomic mass is 10.2. The molecule has 0 saturated heterocycles. The maximum absolute atomic E-state index is 12.0. The van der Waals surface area contributed by atoms with Crippen molar-refractivity contribution in [3.05, 3.63) is 29.8 Å². The number of aliphatic imine (C=N–C) groups is 1. The summed E-state index contributed by atoms with van der Waals surface area (Å²) in [5.74, 6) is 2.29. The van der Waals surface area contributed by atoms with Gasteiger partial charge < -0.3 is 0 Å². The first kappa shape index (κ1) is 11.6. The lowest BCUT2D eigenvalue weighted by Crippen LogP contribution is -2.16. The molecule has 0 unspecified atom stereocenters. The van der Waals surface area contributed by atoms with Crippen LogP contribution in [0.2, 0.25) is 0 Å². The first-order valence-electron chi connectivity index (χ1n) is 3.81. The third-order valence-electron chi connectivity index (χ3n) is 1.47. The summed E-state index contributed by atoms with van der Waals surface area (Å²) in [6.45, 7) is 0. The monoisotopic (exact) mass is 231 g/mol. The Labute approximate surface area is 89.6 Å². The summed E-state index contributed by atoms with van der Waals surface area (Å²) in [7, 11) is 0. The second-order valence-corrected chi connectivity index (χ2v) is 2.95. The molecule has 1 aromatic rings. The van der Waals surface area contributed by atoms with Gasteiger partial charge in [-0.3, -0.25) is 0 Å². The molecule has 0 atom stereocenters. The second kappa shape index (κ2) is 4.37. The average molecular weight is 232 g/mol. The van der Waals surface area contributed by atoms with E-state index in [9.17, 15) is 13.2 Å². The molecular formula is C10H5ClF3N. The topological polar surface area (TPSA) is 12.4 Å². The molecule has 0 aromatic heterocycles. The molecule has 0 fully saturated rings. The number of alkyl halides is 3. The molecule has 1 aromatic carbocycles. The molecule has 0 aliphatic carbocycles. The Morgan fingerprint density at radius 1 is 1.40 bits per heavy atom. The van der Waals surface area contributed by atoms with Crippen LogP contribution in [-0.2, 0) is 0 Å². The number of benzene rings is 1. The van der Waals surface area contributed by atoms with Crippen LogP contribution < -0.4 is 0 Å². The SMILES string of the molecule is C#Cc1cccc(N=C(Cl)C(F)(F)F)c1. The molecule has 5 heteroatoms. The van der Waals surface area contributed by atoms with Crippen LogP contribution in [0, 0.1) is 12.3 Å². The fourth-order valence-corrected chi connectivity index (χ4v) is 0.940. The van der Waals surface area contributed by atoms with E-state index in [4.69, 9.17) is 18.0 Å². The number of halogens is 4. The lowest BCUT2D eigenvalue weighted by molar-refractivity contribution is -0.0558. The first-order valence-corrected chi connectivity index (χ1v) is 4.19. The van der Waals surface area contributed by atoms with Gasteiger partial charge >= 0.3 is 6.18 Å². The van der Waals surface area contributed by atoms with E-state index in [1.807, 2.05) is 0 Å². The van der Waals surface area contributed by atoms with Gasteiger partial charge in [0.1, 0.15) is 0 Å². The van der Waals surface area contributed by atoms with Crippen LogP contribution in [-0.4, -0.2) is 11.3 Å². The summed E-state index contributed by atoms with van der Waals surface area (Å²) < 4.78 is 36.0. The minimum Gasteiger partial charge on any atom is -0.232 e. The molecule has 15 heavy (non-hydrogen) atoms. The van der Waals surface area contributed by atoms with Crippen LogP contribution >= 0.6 is 11.6 Å². The number of hydrogen-bond acceptors (Lipinski definition) is 1. The number of nitrogens with zero attached hydrogens (tertiary/aromatic N) is 1. The van der Waals surface area contributed by atoms with Crippen molar-refractivity contribution in [3.63, 3.8) is 0 Å². The molecule has 0 amide bonds. The summed E-state index contributed by atoms with van der Waals surface area (Å²) in [5.41, 5.74) is 0.524. The molecule has 1 nitrogen and oxygen atoms in total. The van der Waals surface area contributed by atoms with Crippen LogP contribution in [0.1, 0.15) is 5.56 Å². The quantitative estimate of drug-likeness (QED) is 0.518. The minimum absolute atomic E-state index is 0.0766. The van der Waals surface area contributed by atoms with Crippen molar-refractivity contribution in [3.8, 4) is 12.3 Å². The summed E-state index contributed by atoms with van der Waals surface area (Å²) in [6.07, 6.45) is 0.450. The van der Waals surface area contributed by atoms with Gasteiger partial charge in [0.05, 0.1) is 5.69 Å². The minimum atomic E-state index is -4.63. The number of rotatable bonds is 1. The van der Waals surface area contributed by atoms with E-state index in [2.05, 4.69) is 10.9 Å². The molecule has 78 valence electrons. The predicted molar refractivity (Wildman–Crippen MR) is 53.4 cm³/mol. The van der Waals surface area contributed by atoms with Crippen molar-refractivity contribution in [1.82, 2.24) is 0 Å². The zero-order valence-corrected chi connectivity index (χ0v) is 8.10. The van der Waals surface area contributed by atoms with Gasteiger partial charge in [0, 0.05) is 5.56 Å². The van der Waals surface area contributed by atoms with Crippen molar-refractivity contribution in [1.29, 1.82) is 0 Å². The molecule has 0 heterocycles. The molecule has 0 saturated carbocycles. The molecule has 0 radical (unpaired) electrons. The normalized spacial score (nSPS) is 12.3. The number of hydrogen-bond donors (Lipinski definition) is 0. The van der Waals surface area contributed by atoms with E-state index in [1.165, 1.54) is 18.2 Å². The fourth-order valence-electron chi connectivity index (χ4n) is 0.842. The average Bonchev–Trinajstić information content (AvgIpc) is 2.16. The number of terminal acetylenes is 1. The molecule has 0 N–H and O–H groups in total. The van der Waals surface area contributed by atoms with E-state index < -0.39 is 11.3 Å². The Morgan fingerprint density at radius 3 is 2.60 bits per heavy atom. The maximum atomic E-state index is 12.0. The van der Waals surface area contributed by atoms with Crippen molar-refractivity contribution >= 4 is 22.5 Å². The highest BCUT2D eigenvalue weighted by Crippen LogP contribution is 2.24. The van der Waals surface area contributed by atoms with E-state index in [1.54, 1.807) is 6.07 Å². The van der Waals surface area contributed by atoms with E-state index >= 15 is 0 Å². The van der Waals surface area contributed by atoms with Gasteiger partial charge in [-0.1, -0.05) is 23.6 Å². The van der Waals surface area contributed by atoms with Gasteiger partial charge in [-0.2, -0.15) is 13.2 Å². The second-order valence-electron chi connectivity index (χ2n) is 2.60. The van der Waals surface area contributed by atoms with Gasteiger partial charge in [0.25, 0.3) is 0 Å². The predicted octanol–water partition coefficient (Wildman–Crippen LogP) is 3.50. The van der Waals surface area contributed by atoms with Gasteiger partial charge in [-0.05, 0) is 18.2 Å². The van der Waals surface area contributed by atoms with Crippen molar-refractivity contribution in [2.45, 2.75) is 6.18 Å². The lowest BCUT2D eigenvalue weighted by Gasteiger charge is -2.02.